The molecular weight excluding hydrogens is 562 g/mol. The summed E-state index contributed by atoms with van der Waals surface area (Å²) in [6.45, 7) is 0.224. The minimum atomic E-state index is -0.621. The standard InChI is InChI=1S/C23H33Br2NO5S/c24-21-13-15(23(25)32-21)7-8-16(28)9-10-18-17(19(29)14-20(18)30)5-3-1-2-4-6-22(31)26-11-12-27/h1,3,9-10,13,16-20,27-30H,2,4-8,11-12,14H2,(H,26,31)/t16?,17-,18-,19?,20?/m1/s1. The Kier molecular flexibility index (Phi) is 12.7. The largest absolute Gasteiger partial charge is 0.395 e. The zero-order chi connectivity index (χ0) is 23.5. The molecule has 0 aromatic carbocycles. The van der Waals surface area contributed by atoms with Crippen molar-refractivity contribution in [2.75, 3.05) is 13.2 Å². The molecule has 1 aliphatic rings. The van der Waals surface area contributed by atoms with Crippen LogP contribution in [0, 0.1) is 11.8 Å². The molecule has 1 fully saturated rings. The van der Waals surface area contributed by atoms with Crippen molar-refractivity contribution in [3.05, 3.63) is 43.5 Å². The molecule has 0 spiro atoms. The van der Waals surface area contributed by atoms with Gasteiger partial charge in [-0.3, -0.25) is 4.79 Å². The second-order valence-corrected chi connectivity index (χ2v) is 11.9. The Balaban J connectivity index is 1.78. The summed E-state index contributed by atoms with van der Waals surface area (Å²) in [4.78, 5) is 11.5. The maximum absolute atomic E-state index is 11.5. The summed E-state index contributed by atoms with van der Waals surface area (Å²) in [6.07, 6.45) is 9.97. The third-order valence-electron chi connectivity index (χ3n) is 5.69. The third kappa shape index (κ3) is 9.37. The Hall–Kier alpha value is -0.550. The zero-order valence-electron chi connectivity index (χ0n) is 18.0. The maximum Gasteiger partial charge on any atom is 0.220 e. The molecule has 5 atom stereocenters. The van der Waals surface area contributed by atoms with Gasteiger partial charge in [-0.25, -0.2) is 0 Å². The van der Waals surface area contributed by atoms with Crippen LogP contribution in [0.15, 0.2) is 37.9 Å². The van der Waals surface area contributed by atoms with E-state index in [-0.39, 0.29) is 30.9 Å². The van der Waals surface area contributed by atoms with Crippen LogP contribution in [0.25, 0.3) is 0 Å². The van der Waals surface area contributed by atoms with Crippen LogP contribution in [0.1, 0.15) is 44.1 Å². The smallest absolute Gasteiger partial charge is 0.220 e. The number of rotatable bonds is 13. The summed E-state index contributed by atoms with van der Waals surface area (Å²) in [5, 5.41) is 42.4. The molecule has 1 aromatic rings. The average molecular weight is 595 g/mol. The van der Waals surface area contributed by atoms with Crippen LogP contribution in [-0.4, -0.2) is 57.8 Å². The number of aliphatic hydroxyl groups excluding tert-OH is 4. The van der Waals surface area contributed by atoms with Crippen LogP contribution in [0.2, 0.25) is 0 Å². The summed E-state index contributed by atoms with van der Waals surface area (Å²) < 4.78 is 2.11. The second kappa shape index (κ2) is 14.7. The highest BCUT2D eigenvalue weighted by Gasteiger charge is 2.39. The first-order valence-corrected chi connectivity index (χ1v) is 13.4. The van der Waals surface area contributed by atoms with E-state index in [1.807, 2.05) is 24.3 Å². The van der Waals surface area contributed by atoms with Crippen molar-refractivity contribution in [2.24, 2.45) is 11.8 Å². The van der Waals surface area contributed by atoms with Gasteiger partial charge in [0.1, 0.15) is 0 Å². The Bertz CT molecular complexity index is 770. The summed E-state index contributed by atoms with van der Waals surface area (Å²) in [5.74, 6) is -0.361. The molecule has 180 valence electrons. The van der Waals surface area contributed by atoms with Gasteiger partial charge in [-0.1, -0.05) is 24.3 Å². The first kappa shape index (κ1) is 27.7. The van der Waals surface area contributed by atoms with E-state index < -0.39 is 18.3 Å². The third-order valence-corrected chi connectivity index (χ3v) is 8.16. The van der Waals surface area contributed by atoms with Gasteiger partial charge in [-0.2, -0.15) is 0 Å². The highest BCUT2D eigenvalue weighted by Crippen LogP contribution is 2.36. The Morgan fingerprint density at radius 2 is 2.06 bits per heavy atom. The Labute approximate surface area is 210 Å². The van der Waals surface area contributed by atoms with Gasteiger partial charge in [-0.15, -0.1) is 11.3 Å². The van der Waals surface area contributed by atoms with Gasteiger partial charge in [0.15, 0.2) is 0 Å². The van der Waals surface area contributed by atoms with Gasteiger partial charge in [-0.05, 0) is 81.5 Å². The van der Waals surface area contributed by atoms with Crippen LogP contribution in [0.4, 0.5) is 0 Å². The zero-order valence-corrected chi connectivity index (χ0v) is 22.0. The van der Waals surface area contributed by atoms with Crippen molar-refractivity contribution >= 4 is 49.1 Å². The molecule has 1 saturated carbocycles. The quantitative estimate of drug-likeness (QED) is 0.177. The van der Waals surface area contributed by atoms with E-state index in [1.165, 1.54) is 0 Å². The number of aliphatic hydroxyl groups is 4. The summed E-state index contributed by atoms with van der Waals surface area (Å²) in [7, 11) is 0. The van der Waals surface area contributed by atoms with E-state index in [1.54, 1.807) is 17.4 Å². The van der Waals surface area contributed by atoms with Crippen molar-refractivity contribution in [1.82, 2.24) is 5.32 Å². The number of hydrogen-bond acceptors (Lipinski definition) is 6. The predicted molar refractivity (Wildman–Crippen MR) is 135 cm³/mol. The number of halogens is 2. The van der Waals surface area contributed by atoms with Gasteiger partial charge in [0, 0.05) is 25.3 Å². The lowest BCUT2D eigenvalue weighted by molar-refractivity contribution is -0.121. The average Bonchev–Trinajstić information content (AvgIpc) is 3.21. The Morgan fingerprint density at radius 3 is 2.75 bits per heavy atom. The van der Waals surface area contributed by atoms with Crippen LogP contribution >= 0.6 is 43.2 Å². The van der Waals surface area contributed by atoms with Crippen molar-refractivity contribution < 1.29 is 25.2 Å². The van der Waals surface area contributed by atoms with Gasteiger partial charge in [0.2, 0.25) is 5.91 Å². The van der Waals surface area contributed by atoms with E-state index in [0.717, 1.165) is 32.4 Å². The molecule has 6 nitrogen and oxygen atoms in total. The monoisotopic (exact) mass is 593 g/mol. The number of amides is 1. The number of hydrogen-bond donors (Lipinski definition) is 5. The van der Waals surface area contributed by atoms with Crippen molar-refractivity contribution in [1.29, 1.82) is 0 Å². The van der Waals surface area contributed by atoms with Gasteiger partial charge < -0.3 is 25.7 Å². The number of allylic oxidation sites excluding steroid dienone is 2. The molecule has 2 rings (SSSR count). The summed E-state index contributed by atoms with van der Waals surface area (Å²) in [6, 6.07) is 2.05. The minimum Gasteiger partial charge on any atom is -0.395 e. The summed E-state index contributed by atoms with van der Waals surface area (Å²) in [5.41, 5.74) is 1.15. The van der Waals surface area contributed by atoms with Crippen LogP contribution < -0.4 is 5.32 Å². The normalized spacial score (nSPS) is 24.6. The molecule has 9 heteroatoms. The van der Waals surface area contributed by atoms with Crippen LogP contribution in [0.3, 0.4) is 0 Å². The van der Waals surface area contributed by atoms with Crippen molar-refractivity contribution in [3.63, 3.8) is 0 Å². The number of unbranched alkanes of at least 4 members (excludes halogenated alkanes) is 1. The fourth-order valence-corrected chi connectivity index (χ4v) is 6.86. The molecular formula is C23H33Br2NO5S. The van der Waals surface area contributed by atoms with Crippen molar-refractivity contribution in [2.45, 2.75) is 63.3 Å². The lowest BCUT2D eigenvalue weighted by Gasteiger charge is -2.19. The first-order valence-electron chi connectivity index (χ1n) is 11.0. The number of carbonyl (C=O) groups excluding carboxylic acids is 1. The number of nitrogens with one attached hydrogen (secondary N) is 1. The molecule has 5 N–H and O–H groups in total. The van der Waals surface area contributed by atoms with Crippen molar-refractivity contribution in [3.8, 4) is 0 Å². The minimum absolute atomic E-state index is 0.0573. The summed E-state index contributed by atoms with van der Waals surface area (Å²) >= 11 is 8.60. The molecule has 1 heterocycles. The number of thiophene rings is 1. The molecule has 0 radical (unpaired) electrons. The molecule has 1 aliphatic carbocycles. The molecule has 32 heavy (non-hydrogen) atoms. The first-order chi connectivity index (χ1) is 15.3. The molecule has 0 bridgehead atoms. The number of aryl methyl sites for hydroxylation is 1. The Morgan fingerprint density at radius 1 is 1.28 bits per heavy atom. The maximum atomic E-state index is 11.5. The topological polar surface area (TPSA) is 110 Å². The van der Waals surface area contributed by atoms with E-state index in [2.05, 4.69) is 37.2 Å². The lowest BCUT2D eigenvalue weighted by Crippen LogP contribution is -2.25. The van der Waals surface area contributed by atoms with Gasteiger partial charge >= 0.3 is 0 Å². The lowest BCUT2D eigenvalue weighted by atomic mass is 9.89. The molecule has 0 aliphatic heterocycles. The molecule has 1 amide bonds. The number of carbonyl (C=O) groups is 1. The molecule has 3 unspecified atom stereocenters. The van der Waals surface area contributed by atoms with E-state index in [0.29, 0.717) is 25.7 Å². The molecule has 1 aromatic heterocycles. The highest BCUT2D eigenvalue weighted by molar-refractivity contribution is 9.12. The van der Waals surface area contributed by atoms with Crippen LogP contribution in [0.5, 0.6) is 0 Å². The molecule has 0 saturated heterocycles. The van der Waals surface area contributed by atoms with Crippen LogP contribution in [-0.2, 0) is 11.2 Å². The van der Waals surface area contributed by atoms with Gasteiger partial charge in [0.25, 0.3) is 0 Å². The van der Waals surface area contributed by atoms with E-state index >= 15 is 0 Å². The SMILES string of the molecule is O=C(CCCC=CC[C@H]1C(O)CC(O)[C@@H]1C=CC(O)CCc1cc(Br)sc1Br)NCCO. The fourth-order valence-electron chi connectivity index (χ4n) is 3.94. The van der Waals surface area contributed by atoms with E-state index in [4.69, 9.17) is 5.11 Å². The predicted octanol–water partition coefficient (Wildman–Crippen LogP) is 3.71. The fraction of sp³-hybridized carbons (Fsp3) is 0.609. The van der Waals surface area contributed by atoms with Gasteiger partial charge in [0.05, 0.1) is 32.5 Å². The highest BCUT2D eigenvalue weighted by atomic mass is 79.9. The van der Waals surface area contributed by atoms with E-state index in [9.17, 15) is 20.1 Å². The second-order valence-electron chi connectivity index (χ2n) is 8.12.